The molecule has 3 rings (SSSR count). The highest BCUT2D eigenvalue weighted by Crippen LogP contribution is 2.24. The number of hydrogen-bond donors (Lipinski definition) is 1. The summed E-state index contributed by atoms with van der Waals surface area (Å²) in [7, 11) is 0. The first-order chi connectivity index (χ1) is 9.09. The van der Waals surface area contributed by atoms with Gasteiger partial charge < -0.3 is 4.90 Å². The van der Waals surface area contributed by atoms with Crippen molar-refractivity contribution < 1.29 is 0 Å². The second kappa shape index (κ2) is 4.36. The number of anilines is 1. The molecule has 6 heteroatoms. The van der Waals surface area contributed by atoms with Crippen LogP contribution < -0.4 is 10.6 Å². The van der Waals surface area contributed by atoms with E-state index in [1.54, 1.807) is 4.40 Å². The van der Waals surface area contributed by atoms with E-state index in [1.165, 1.54) is 6.42 Å². The average molecular weight is 261 g/mol. The Morgan fingerprint density at radius 2 is 2.11 bits per heavy atom. The van der Waals surface area contributed by atoms with Crippen LogP contribution in [0.15, 0.2) is 4.79 Å². The molecule has 19 heavy (non-hydrogen) atoms. The van der Waals surface area contributed by atoms with Gasteiger partial charge >= 0.3 is 5.69 Å². The molecular weight excluding hydrogens is 242 g/mol. The SMILES string of the molecule is Cc1nc(N2CCCCC2C)n2c(=O)[nH]nc2c1C. The summed E-state index contributed by atoms with van der Waals surface area (Å²) in [4.78, 5) is 18.8. The number of piperidine rings is 1. The van der Waals surface area contributed by atoms with Gasteiger partial charge in [-0.25, -0.2) is 19.3 Å². The van der Waals surface area contributed by atoms with Crippen molar-refractivity contribution in [3.05, 3.63) is 21.7 Å². The van der Waals surface area contributed by atoms with Crippen molar-refractivity contribution in [1.82, 2.24) is 19.6 Å². The van der Waals surface area contributed by atoms with Gasteiger partial charge in [0.15, 0.2) is 5.65 Å². The van der Waals surface area contributed by atoms with Crippen molar-refractivity contribution in [2.24, 2.45) is 0 Å². The predicted octanol–water partition coefficient (Wildman–Crippen LogP) is 1.41. The number of aromatic nitrogens is 4. The zero-order chi connectivity index (χ0) is 13.6. The molecule has 2 aromatic rings. The lowest BCUT2D eigenvalue weighted by atomic mass is 10.0. The molecule has 102 valence electrons. The van der Waals surface area contributed by atoms with E-state index in [2.05, 4.69) is 27.0 Å². The maximum atomic E-state index is 12.0. The third kappa shape index (κ3) is 1.82. The lowest BCUT2D eigenvalue weighted by molar-refractivity contribution is 0.474. The smallest absolute Gasteiger partial charge is 0.339 e. The molecule has 0 amide bonds. The first-order valence-corrected chi connectivity index (χ1v) is 6.80. The Morgan fingerprint density at radius 3 is 2.84 bits per heavy atom. The summed E-state index contributed by atoms with van der Waals surface area (Å²) in [6.07, 6.45) is 3.53. The predicted molar refractivity (Wildman–Crippen MR) is 73.7 cm³/mol. The van der Waals surface area contributed by atoms with Crippen LogP contribution in [0.2, 0.25) is 0 Å². The molecule has 1 unspecified atom stereocenters. The van der Waals surface area contributed by atoms with Crippen LogP contribution in [0.4, 0.5) is 5.95 Å². The summed E-state index contributed by atoms with van der Waals surface area (Å²) >= 11 is 0. The van der Waals surface area contributed by atoms with Crippen LogP contribution in [-0.2, 0) is 0 Å². The summed E-state index contributed by atoms with van der Waals surface area (Å²) < 4.78 is 1.60. The summed E-state index contributed by atoms with van der Waals surface area (Å²) in [5.41, 5.74) is 2.36. The number of nitrogens with zero attached hydrogens (tertiary/aromatic N) is 4. The van der Waals surface area contributed by atoms with Gasteiger partial charge in [-0.15, -0.1) is 0 Å². The molecule has 0 radical (unpaired) electrons. The molecule has 1 aliphatic heterocycles. The Kier molecular flexibility index (Phi) is 2.80. The number of H-pyrrole nitrogens is 1. The Bertz CT molecular complexity index is 671. The van der Waals surface area contributed by atoms with Gasteiger partial charge in [0.1, 0.15) is 0 Å². The van der Waals surface area contributed by atoms with Crippen molar-refractivity contribution >= 4 is 11.6 Å². The Hall–Kier alpha value is -1.85. The molecule has 1 fully saturated rings. The molecule has 0 spiro atoms. The van der Waals surface area contributed by atoms with E-state index in [4.69, 9.17) is 0 Å². The normalized spacial score (nSPS) is 20.2. The topological polar surface area (TPSA) is 66.3 Å². The molecule has 1 saturated heterocycles. The molecule has 1 N–H and O–H groups in total. The molecule has 1 aliphatic rings. The van der Waals surface area contributed by atoms with Crippen LogP contribution in [0, 0.1) is 13.8 Å². The van der Waals surface area contributed by atoms with Crippen molar-refractivity contribution in [1.29, 1.82) is 0 Å². The fourth-order valence-electron chi connectivity index (χ4n) is 2.77. The maximum absolute atomic E-state index is 12.0. The van der Waals surface area contributed by atoms with Crippen molar-refractivity contribution in [2.45, 2.75) is 46.1 Å². The van der Waals surface area contributed by atoms with E-state index < -0.39 is 0 Å². The standard InChI is InChI=1S/C13H19N5O/c1-8-6-4-5-7-17(8)12-14-10(3)9(2)11-15-16-13(19)18(11)12/h8H,4-7H2,1-3H3,(H,16,19). The monoisotopic (exact) mass is 261 g/mol. The number of aryl methyl sites for hydroxylation is 2. The van der Waals surface area contributed by atoms with Crippen LogP contribution in [0.1, 0.15) is 37.4 Å². The summed E-state index contributed by atoms with van der Waals surface area (Å²) in [6, 6.07) is 0.411. The van der Waals surface area contributed by atoms with Gasteiger partial charge in [0.05, 0.1) is 0 Å². The zero-order valence-corrected chi connectivity index (χ0v) is 11.6. The van der Waals surface area contributed by atoms with Crippen LogP contribution in [0.3, 0.4) is 0 Å². The van der Waals surface area contributed by atoms with Crippen LogP contribution >= 0.6 is 0 Å². The van der Waals surface area contributed by atoms with Gasteiger partial charge in [0.25, 0.3) is 0 Å². The van der Waals surface area contributed by atoms with E-state index in [0.29, 0.717) is 11.7 Å². The number of hydrogen-bond acceptors (Lipinski definition) is 4. The highest BCUT2D eigenvalue weighted by atomic mass is 16.1. The van der Waals surface area contributed by atoms with Crippen molar-refractivity contribution in [3.63, 3.8) is 0 Å². The molecule has 3 heterocycles. The lowest BCUT2D eigenvalue weighted by Gasteiger charge is -2.34. The van der Waals surface area contributed by atoms with Crippen LogP contribution in [0.25, 0.3) is 5.65 Å². The summed E-state index contributed by atoms with van der Waals surface area (Å²) in [5, 5.41) is 6.65. The lowest BCUT2D eigenvalue weighted by Crippen LogP contribution is -2.40. The van der Waals surface area contributed by atoms with E-state index in [9.17, 15) is 4.79 Å². The minimum absolute atomic E-state index is 0.210. The number of nitrogens with one attached hydrogen (secondary N) is 1. The quantitative estimate of drug-likeness (QED) is 0.843. The molecule has 0 aliphatic carbocycles. The maximum Gasteiger partial charge on any atom is 0.350 e. The number of aromatic amines is 1. The third-order valence-electron chi connectivity index (χ3n) is 4.08. The Balaban J connectivity index is 2.25. The van der Waals surface area contributed by atoms with E-state index in [-0.39, 0.29) is 5.69 Å². The van der Waals surface area contributed by atoms with Gasteiger partial charge in [-0.2, -0.15) is 5.10 Å². The van der Waals surface area contributed by atoms with Crippen LogP contribution in [-0.4, -0.2) is 32.2 Å². The Morgan fingerprint density at radius 1 is 1.32 bits per heavy atom. The third-order valence-corrected chi connectivity index (χ3v) is 4.08. The first kappa shape index (κ1) is 12.2. The Labute approximate surface area is 111 Å². The van der Waals surface area contributed by atoms with Gasteiger partial charge in [0, 0.05) is 23.8 Å². The fraction of sp³-hybridized carbons (Fsp3) is 0.615. The highest BCUT2D eigenvalue weighted by molar-refractivity contribution is 5.54. The summed E-state index contributed by atoms with van der Waals surface area (Å²) in [5.74, 6) is 0.726. The van der Waals surface area contributed by atoms with E-state index in [0.717, 1.165) is 36.6 Å². The second-order valence-corrected chi connectivity index (χ2v) is 5.35. The molecule has 1 atom stereocenters. The largest absolute Gasteiger partial charge is 0.350 e. The molecule has 0 aromatic carbocycles. The molecule has 2 aromatic heterocycles. The first-order valence-electron chi connectivity index (χ1n) is 6.80. The molecular formula is C13H19N5O. The van der Waals surface area contributed by atoms with E-state index >= 15 is 0 Å². The van der Waals surface area contributed by atoms with Gasteiger partial charge in [-0.05, 0) is 40.0 Å². The molecule has 0 saturated carbocycles. The average Bonchev–Trinajstić information content (AvgIpc) is 2.77. The number of fused-ring (bicyclic) bond motifs is 1. The van der Waals surface area contributed by atoms with Gasteiger partial charge in [-0.1, -0.05) is 0 Å². The van der Waals surface area contributed by atoms with Crippen molar-refractivity contribution in [2.75, 3.05) is 11.4 Å². The minimum atomic E-state index is -0.210. The highest BCUT2D eigenvalue weighted by Gasteiger charge is 2.24. The fourth-order valence-corrected chi connectivity index (χ4v) is 2.77. The zero-order valence-electron chi connectivity index (χ0n) is 11.6. The van der Waals surface area contributed by atoms with Crippen LogP contribution in [0.5, 0.6) is 0 Å². The van der Waals surface area contributed by atoms with E-state index in [1.807, 2.05) is 13.8 Å². The second-order valence-electron chi connectivity index (χ2n) is 5.35. The van der Waals surface area contributed by atoms with Gasteiger partial charge in [-0.3, -0.25) is 0 Å². The van der Waals surface area contributed by atoms with Gasteiger partial charge in [0.2, 0.25) is 5.95 Å². The van der Waals surface area contributed by atoms with Crippen molar-refractivity contribution in [3.8, 4) is 0 Å². The molecule has 6 nitrogen and oxygen atoms in total. The molecule has 0 bridgehead atoms. The number of rotatable bonds is 1. The minimum Gasteiger partial charge on any atom is -0.339 e. The summed E-state index contributed by atoms with van der Waals surface area (Å²) in [6.45, 7) is 7.05.